The number of carbonyl (C=O) groups is 2. The van der Waals surface area contributed by atoms with E-state index in [1.807, 2.05) is 51.1 Å². The lowest BCUT2D eigenvalue weighted by atomic mass is 10.0. The Bertz CT molecular complexity index is 1350. The van der Waals surface area contributed by atoms with E-state index in [-0.39, 0.29) is 29.8 Å². The van der Waals surface area contributed by atoms with Gasteiger partial charge >= 0.3 is 0 Å². The van der Waals surface area contributed by atoms with Crippen LogP contribution in [0.25, 0.3) is 0 Å². The predicted molar refractivity (Wildman–Crippen MR) is 150 cm³/mol. The molecule has 0 bridgehead atoms. The van der Waals surface area contributed by atoms with Crippen LogP contribution in [0.3, 0.4) is 0 Å². The number of rotatable bonds is 12. The molecule has 0 spiro atoms. The SMILES string of the molecule is CC[C@H](C)NC(=O)[C@@H](Cc1ccccc1)N(Cc1ccc(F)cc1)C(=O)CN(C)S(=O)(=O)c1ccc(C)cc1. The first kappa shape index (κ1) is 30.0. The fourth-order valence-electron chi connectivity index (χ4n) is 4.04. The lowest BCUT2D eigenvalue weighted by Gasteiger charge is -2.33. The van der Waals surface area contributed by atoms with Crippen LogP contribution in [-0.4, -0.2) is 55.1 Å². The lowest BCUT2D eigenvalue weighted by molar-refractivity contribution is -0.141. The van der Waals surface area contributed by atoms with Crippen LogP contribution in [0.4, 0.5) is 4.39 Å². The summed E-state index contributed by atoms with van der Waals surface area (Å²) in [7, 11) is -2.61. The molecule has 0 aromatic heterocycles. The first-order valence-corrected chi connectivity index (χ1v) is 14.4. The van der Waals surface area contributed by atoms with Gasteiger partial charge < -0.3 is 10.2 Å². The smallest absolute Gasteiger partial charge is 0.243 e. The van der Waals surface area contributed by atoms with E-state index in [2.05, 4.69) is 5.32 Å². The summed E-state index contributed by atoms with van der Waals surface area (Å²) in [5, 5.41) is 2.97. The van der Waals surface area contributed by atoms with Gasteiger partial charge in [0.2, 0.25) is 21.8 Å². The van der Waals surface area contributed by atoms with E-state index < -0.39 is 34.3 Å². The number of likely N-dealkylation sites (N-methyl/N-ethyl adjacent to an activating group) is 1. The molecule has 0 aliphatic rings. The molecule has 0 heterocycles. The molecule has 9 heteroatoms. The Morgan fingerprint density at radius 2 is 1.54 bits per heavy atom. The quantitative estimate of drug-likeness (QED) is 0.362. The van der Waals surface area contributed by atoms with Crippen LogP contribution in [-0.2, 0) is 32.6 Å². The van der Waals surface area contributed by atoms with Crippen LogP contribution in [0.15, 0.2) is 83.8 Å². The maximum Gasteiger partial charge on any atom is 0.243 e. The number of carbonyl (C=O) groups excluding carboxylic acids is 2. The van der Waals surface area contributed by atoms with Gasteiger partial charge in [0.1, 0.15) is 11.9 Å². The minimum atomic E-state index is -3.95. The standard InChI is InChI=1S/C30H36FN3O4S/c1-5-23(3)32-30(36)28(19-24-9-7-6-8-10-24)34(20-25-13-15-26(31)16-14-25)29(35)21-33(4)39(37,38)27-17-11-22(2)12-18-27/h6-18,23,28H,5,19-21H2,1-4H3,(H,32,36)/t23-,28+/m0/s1. The summed E-state index contributed by atoms with van der Waals surface area (Å²) in [4.78, 5) is 28.8. The Kier molecular flexibility index (Phi) is 10.4. The Balaban J connectivity index is 1.97. The zero-order chi connectivity index (χ0) is 28.6. The van der Waals surface area contributed by atoms with Gasteiger partial charge in [-0.2, -0.15) is 4.31 Å². The van der Waals surface area contributed by atoms with Crippen LogP contribution in [0.2, 0.25) is 0 Å². The third-order valence-electron chi connectivity index (χ3n) is 6.63. The molecule has 2 atom stereocenters. The first-order chi connectivity index (χ1) is 18.5. The zero-order valence-electron chi connectivity index (χ0n) is 22.8. The number of aryl methyl sites for hydroxylation is 1. The number of hydrogen-bond donors (Lipinski definition) is 1. The van der Waals surface area contributed by atoms with Gasteiger partial charge in [0.15, 0.2) is 0 Å². The van der Waals surface area contributed by atoms with Gasteiger partial charge in [-0.05, 0) is 55.7 Å². The lowest BCUT2D eigenvalue weighted by Crippen LogP contribution is -2.54. The highest BCUT2D eigenvalue weighted by molar-refractivity contribution is 7.89. The molecule has 208 valence electrons. The highest BCUT2D eigenvalue weighted by Crippen LogP contribution is 2.19. The molecule has 39 heavy (non-hydrogen) atoms. The van der Waals surface area contributed by atoms with Crippen molar-refractivity contribution in [1.29, 1.82) is 0 Å². The Labute approximate surface area is 230 Å². The van der Waals surface area contributed by atoms with Crippen molar-refractivity contribution in [2.24, 2.45) is 0 Å². The monoisotopic (exact) mass is 553 g/mol. The van der Waals surface area contributed by atoms with Crippen molar-refractivity contribution < 1.29 is 22.4 Å². The summed E-state index contributed by atoms with van der Waals surface area (Å²) in [5.74, 6) is -1.30. The van der Waals surface area contributed by atoms with Crippen LogP contribution in [0, 0.1) is 12.7 Å². The molecule has 2 amide bonds. The Hall–Kier alpha value is -3.56. The summed E-state index contributed by atoms with van der Waals surface area (Å²) < 4.78 is 41.0. The molecule has 3 rings (SSSR count). The molecule has 0 fully saturated rings. The number of nitrogens with zero attached hydrogens (tertiary/aromatic N) is 2. The van der Waals surface area contributed by atoms with Gasteiger partial charge in [-0.25, -0.2) is 12.8 Å². The molecule has 0 aliphatic heterocycles. The highest BCUT2D eigenvalue weighted by Gasteiger charge is 2.33. The van der Waals surface area contributed by atoms with E-state index in [4.69, 9.17) is 0 Å². The minimum absolute atomic E-state index is 0.00294. The second-order valence-corrected chi connectivity index (χ2v) is 11.8. The van der Waals surface area contributed by atoms with E-state index in [9.17, 15) is 22.4 Å². The highest BCUT2D eigenvalue weighted by atomic mass is 32.2. The van der Waals surface area contributed by atoms with E-state index in [0.29, 0.717) is 12.0 Å². The average molecular weight is 554 g/mol. The van der Waals surface area contributed by atoms with Gasteiger partial charge in [0, 0.05) is 26.1 Å². The van der Waals surface area contributed by atoms with Gasteiger partial charge in [0.05, 0.1) is 11.4 Å². The number of amides is 2. The molecular weight excluding hydrogens is 517 g/mol. The number of hydrogen-bond acceptors (Lipinski definition) is 4. The largest absolute Gasteiger partial charge is 0.352 e. The molecule has 1 N–H and O–H groups in total. The van der Waals surface area contributed by atoms with Crippen molar-refractivity contribution in [3.8, 4) is 0 Å². The summed E-state index contributed by atoms with van der Waals surface area (Å²) in [6.07, 6.45) is 0.928. The van der Waals surface area contributed by atoms with Crippen LogP contribution in [0.5, 0.6) is 0 Å². The van der Waals surface area contributed by atoms with Gasteiger partial charge in [-0.3, -0.25) is 9.59 Å². The first-order valence-electron chi connectivity index (χ1n) is 12.9. The topological polar surface area (TPSA) is 86.8 Å². The maximum atomic E-state index is 13.8. The number of nitrogens with one attached hydrogen (secondary N) is 1. The number of benzene rings is 3. The van der Waals surface area contributed by atoms with Gasteiger partial charge in [0.25, 0.3) is 0 Å². The fourth-order valence-corrected chi connectivity index (χ4v) is 5.16. The molecule has 0 aliphatic carbocycles. The molecule has 7 nitrogen and oxygen atoms in total. The van der Waals surface area contributed by atoms with Crippen molar-refractivity contribution in [3.63, 3.8) is 0 Å². The average Bonchev–Trinajstić information content (AvgIpc) is 2.92. The van der Waals surface area contributed by atoms with Crippen molar-refractivity contribution in [1.82, 2.24) is 14.5 Å². The van der Waals surface area contributed by atoms with E-state index in [1.54, 1.807) is 24.3 Å². The fraction of sp³-hybridized carbons (Fsp3) is 0.333. The molecule has 0 unspecified atom stereocenters. The van der Waals surface area contributed by atoms with Gasteiger partial charge in [-0.1, -0.05) is 67.1 Å². The molecular formula is C30H36FN3O4S. The molecule has 0 saturated heterocycles. The normalized spacial score (nSPS) is 13.1. The summed E-state index contributed by atoms with van der Waals surface area (Å²) in [5.41, 5.74) is 2.37. The van der Waals surface area contributed by atoms with Crippen molar-refractivity contribution in [2.75, 3.05) is 13.6 Å². The van der Waals surface area contributed by atoms with Crippen molar-refractivity contribution in [3.05, 3.63) is 101 Å². The van der Waals surface area contributed by atoms with Crippen LogP contribution < -0.4 is 5.32 Å². The Morgan fingerprint density at radius 3 is 2.13 bits per heavy atom. The second kappa shape index (κ2) is 13.5. The minimum Gasteiger partial charge on any atom is -0.352 e. The molecule has 3 aromatic rings. The predicted octanol–water partition coefficient (Wildman–Crippen LogP) is 4.31. The number of halogens is 1. The van der Waals surface area contributed by atoms with Crippen molar-refractivity contribution in [2.45, 2.75) is 57.1 Å². The van der Waals surface area contributed by atoms with Crippen molar-refractivity contribution >= 4 is 21.8 Å². The van der Waals surface area contributed by atoms with Gasteiger partial charge in [-0.15, -0.1) is 0 Å². The van der Waals surface area contributed by atoms with E-state index in [1.165, 1.54) is 36.2 Å². The summed E-state index contributed by atoms with van der Waals surface area (Å²) >= 11 is 0. The van der Waals surface area contributed by atoms with E-state index in [0.717, 1.165) is 15.4 Å². The summed E-state index contributed by atoms with van der Waals surface area (Å²) in [6, 6.07) is 20.3. The third kappa shape index (κ3) is 8.21. The number of sulfonamides is 1. The molecule has 0 saturated carbocycles. The van der Waals surface area contributed by atoms with E-state index >= 15 is 0 Å². The van der Waals surface area contributed by atoms with Crippen LogP contribution in [0.1, 0.15) is 37.0 Å². The Morgan fingerprint density at radius 1 is 0.923 bits per heavy atom. The molecule has 3 aromatic carbocycles. The third-order valence-corrected chi connectivity index (χ3v) is 8.44. The summed E-state index contributed by atoms with van der Waals surface area (Å²) in [6.45, 7) is 5.21. The maximum absolute atomic E-state index is 13.8. The zero-order valence-corrected chi connectivity index (χ0v) is 23.6. The molecule has 0 radical (unpaired) electrons. The van der Waals surface area contributed by atoms with Crippen LogP contribution >= 0.6 is 0 Å². The second-order valence-electron chi connectivity index (χ2n) is 9.75.